The Bertz CT molecular complexity index is 295. The highest BCUT2D eigenvalue weighted by Gasteiger charge is 2.01. The second-order valence-electron chi connectivity index (χ2n) is 3.02. The molecule has 14 heavy (non-hydrogen) atoms. The Labute approximate surface area is 83.0 Å². The molecule has 0 saturated carbocycles. The predicted octanol–water partition coefficient (Wildman–Crippen LogP) is 1.99. The first-order chi connectivity index (χ1) is 6.74. The molecule has 1 aromatic rings. The SMILES string of the molecule is CCCCNc1ccc(C(=O)O)cn1. The topological polar surface area (TPSA) is 62.2 Å². The van der Waals surface area contributed by atoms with Crippen LogP contribution in [0, 0.1) is 0 Å². The number of hydrogen-bond donors (Lipinski definition) is 2. The van der Waals surface area contributed by atoms with E-state index in [2.05, 4.69) is 17.2 Å². The molecule has 0 aromatic carbocycles. The summed E-state index contributed by atoms with van der Waals surface area (Å²) in [5.74, 6) is -0.221. The van der Waals surface area contributed by atoms with Gasteiger partial charge < -0.3 is 10.4 Å². The van der Waals surface area contributed by atoms with Crippen LogP contribution in [0.5, 0.6) is 0 Å². The van der Waals surface area contributed by atoms with Crippen LogP contribution in [0.1, 0.15) is 30.1 Å². The number of carboxylic acids is 1. The van der Waals surface area contributed by atoms with E-state index in [1.807, 2.05) is 0 Å². The molecule has 4 heteroatoms. The third kappa shape index (κ3) is 3.05. The zero-order chi connectivity index (χ0) is 10.4. The minimum atomic E-state index is -0.947. The second kappa shape index (κ2) is 5.21. The van der Waals surface area contributed by atoms with Crippen molar-refractivity contribution in [1.82, 2.24) is 4.98 Å². The monoisotopic (exact) mass is 194 g/mol. The van der Waals surface area contributed by atoms with Crippen LogP contribution in [-0.4, -0.2) is 22.6 Å². The number of nitrogens with zero attached hydrogens (tertiary/aromatic N) is 1. The molecule has 2 N–H and O–H groups in total. The average Bonchev–Trinajstić information content (AvgIpc) is 2.19. The van der Waals surface area contributed by atoms with Crippen LogP contribution in [0.2, 0.25) is 0 Å². The fraction of sp³-hybridized carbons (Fsp3) is 0.400. The van der Waals surface area contributed by atoms with Crippen LogP contribution in [0.25, 0.3) is 0 Å². The van der Waals surface area contributed by atoms with Crippen molar-refractivity contribution < 1.29 is 9.90 Å². The molecule has 1 aromatic heterocycles. The molecule has 0 unspecified atom stereocenters. The number of nitrogens with one attached hydrogen (secondary N) is 1. The van der Waals surface area contributed by atoms with Crippen molar-refractivity contribution in [2.24, 2.45) is 0 Å². The molecule has 0 bridgehead atoms. The highest BCUT2D eigenvalue weighted by atomic mass is 16.4. The largest absolute Gasteiger partial charge is 0.478 e. The summed E-state index contributed by atoms with van der Waals surface area (Å²) in [6, 6.07) is 3.22. The van der Waals surface area contributed by atoms with E-state index < -0.39 is 5.97 Å². The zero-order valence-corrected chi connectivity index (χ0v) is 8.16. The number of carbonyl (C=O) groups is 1. The molecule has 0 radical (unpaired) electrons. The third-order valence-electron chi connectivity index (χ3n) is 1.85. The van der Waals surface area contributed by atoms with Crippen LogP contribution >= 0.6 is 0 Å². The van der Waals surface area contributed by atoms with Crippen molar-refractivity contribution in [2.75, 3.05) is 11.9 Å². The summed E-state index contributed by atoms with van der Waals surface area (Å²) in [5.41, 5.74) is 0.214. The number of pyridine rings is 1. The summed E-state index contributed by atoms with van der Waals surface area (Å²) >= 11 is 0. The van der Waals surface area contributed by atoms with Gasteiger partial charge in [-0.05, 0) is 18.6 Å². The van der Waals surface area contributed by atoms with Gasteiger partial charge >= 0.3 is 5.97 Å². The van der Waals surface area contributed by atoms with Gasteiger partial charge in [-0.3, -0.25) is 0 Å². The lowest BCUT2D eigenvalue weighted by Crippen LogP contribution is -2.04. The van der Waals surface area contributed by atoms with Gasteiger partial charge in [0.1, 0.15) is 5.82 Å². The maximum absolute atomic E-state index is 10.5. The number of unbranched alkanes of at least 4 members (excludes halogenated alkanes) is 1. The van der Waals surface area contributed by atoms with E-state index in [0.29, 0.717) is 0 Å². The summed E-state index contributed by atoms with van der Waals surface area (Å²) < 4.78 is 0. The van der Waals surface area contributed by atoms with Gasteiger partial charge in [-0.1, -0.05) is 13.3 Å². The molecule has 0 atom stereocenters. The summed E-state index contributed by atoms with van der Waals surface area (Å²) in [6.45, 7) is 2.98. The van der Waals surface area contributed by atoms with Crippen molar-refractivity contribution in [3.8, 4) is 0 Å². The van der Waals surface area contributed by atoms with Crippen molar-refractivity contribution in [2.45, 2.75) is 19.8 Å². The van der Waals surface area contributed by atoms with Gasteiger partial charge in [-0.15, -0.1) is 0 Å². The van der Waals surface area contributed by atoms with E-state index in [-0.39, 0.29) is 5.56 Å². The number of hydrogen-bond acceptors (Lipinski definition) is 3. The summed E-state index contributed by atoms with van der Waals surface area (Å²) in [7, 11) is 0. The molecule has 76 valence electrons. The highest BCUT2D eigenvalue weighted by molar-refractivity contribution is 5.87. The van der Waals surface area contributed by atoms with Gasteiger partial charge in [0, 0.05) is 12.7 Å². The first-order valence-corrected chi connectivity index (χ1v) is 4.67. The van der Waals surface area contributed by atoms with Crippen LogP contribution in [0.15, 0.2) is 18.3 Å². The van der Waals surface area contributed by atoms with E-state index in [0.717, 1.165) is 25.2 Å². The summed E-state index contributed by atoms with van der Waals surface area (Å²) in [5, 5.41) is 11.7. The fourth-order valence-corrected chi connectivity index (χ4v) is 1.02. The Morgan fingerprint density at radius 1 is 1.57 bits per heavy atom. The Morgan fingerprint density at radius 2 is 2.36 bits per heavy atom. The lowest BCUT2D eigenvalue weighted by Gasteiger charge is -2.03. The molecule has 0 aliphatic heterocycles. The van der Waals surface area contributed by atoms with Crippen molar-refractivity contribution in [3.63, 3.8) is 0 Å². The minimum absolute atomic E-state index is 0.214. The van der Waals surface area contributed by atoms with E-state index in [9.17, 15) is 4.79 Å². The first kappa shape index (κ1) is 10.5. The van der Waals surface area contributed by atoms with Crippen molar-refractivity contribution >= 4 is 11.8 Å². The van der Waals surface area contributed by atoms with E-state index in [1.165, 1.54) is 6.20 Å². The molecular weight excluding hydrogens is 180 g/mol. The van der Waals surface area contributed by atoms with Gasteiger partial charge in [0.15, 0.2) is 0 Å². The fourth-order valence-electron chi connectivity index (χ4n) is 1.02. The van der Waals surface area contributed by atoms with E-state index in [4.69, 9.17) is 5.11 Å². The third-order valence-corrected chi connectivity index (χ3v) is 1.85. The quantitative estimate of drug-likeness (QED) is 0.704. The van der Waals surface area contributed by atoms with Crippen LogP contribution in [0.4, 0.5) is 5.82 Å². The molecule has 0 spiro atoms. The smallest absolute Gasteiger partial charge is 0.337 e. The second-order valence-corrected chi connectivity index (χ2v) is 3.02. The lowest BCUT2D eigenvalue weighted by molar-refractivity contribution is 0.0696. The summed E-state index contributed by atoms with van der Waals surface area (Å²) in [4.78, 5) is 14.5. The van der Waals surface area contributed by atoms with Gasteiger partial charge in [-0.25, -0.2) is 9.78 Å². The van der Waals surface area contributed by atoms with Gasteiger partial charge in [0.05, 0.1) is 5.56 Å². The van der Waals surface area contributed by atoms with E-state index in [1.54, 1.807) is 12.1 Å². The average molecular weight is 194 g/mol. The standard InChI is InChI=1S/C10H14N2O2/c1-2-3-6-11-9-5-4-8(7-12-9)10(13)14/h4-5,7H,2-3,6H2,1H3,(H,11,12)(H,13,14). The Balaban J connectivity index is 2.51. The minimum Gasteiger partial charge on any atom is -0.478 e. The molecule has 1 heterocycles. The van der Waals surface area contributed by atoms with Gasteiger partial charge in [-0.2, -0.15) is 0 Å². The van der Waals surface area contributed by atoms with Crippen molar-refractivity contribution in [1.29, 1.82) is 0 Å². The normalized spacial score (nSPS) is 9.79. The Morgan fingerprint density at radius 3 is 2.86 bits per heavy atom. The molecule has 0 fully saturated rings. The molecule has 0 saturated heterocycles. The maximum Gasteiger partial charge on any atom is 0.337 e. The Hall–Kier alpha value is -1.58. The zero-order valence-electron chi connectivity index (χ0n) is 8.16. The molecule has 0 amide bonds. The highest BCUT2D eigenvalue weighted by Crippen LogP contribution is 2.05. The number of aromatic nitrogens is 1. The number of aromatic carboxylic acids is 1. The predicted molar refractivity (Wildman–Crippen MR) is 54.6 cm³/mol. The van der Waals surface area contributed by atoms with Crippen LogP contribution in [-0.2, 0) is 0 Å². The maximum atomic E-state index is 10.5. The molecule has 0 aliphatic rings. The molecular formula is C10H14N2O2. The van der Waals surface area contributed by atoms with E-state index >= 15 is 0 Å². The Kier molecular flexibility index (Phi) is 3.91. The lowest BCUT2D eigenvalue weighted by atomic mass is 10.3. The number of anilines is 1. The van der Waals surface area contributed by atoms with Crippen molar-refractivity contribution in [3.05, 3.63) is 23.9 Å². The number of carboxylic acid groups (broad SMARTS) is 1. The molecule has 0 aliphatic carbocycles. The molecule has 4 nitrogen and oxygen atoms in total. The molecule has 1 rings (SSSR count). The summed E-state index contributed by atoms with van der Waals surface area (Å²) in [6.07, 6.45) is 3.57. The number of rotatable bonds is 5. The van der Waals surface area contributed by atoms with Crippen LogP contribution < -0.4 is 5.32 Å². The van der Waals surface area contributed by atoms with Gasteiger partial charge in [0.25, 0.3) is 0 Å². The van der Waals surface area contributed by atoms with Gasteiger partial charge in [0.2, 0.25) is 0 Å². The first-order valence-electron chi connectivity index (χ1n) is 4.67. The van der Waals surface area contributed by atoms with Crippen LogP contribution in [0.3, 0.4) is 0 Å².